The van der Waals surface area contributed by atoms with Crippen LogP contribution in [-0.2, 0) is 11.3 Å². The number of nitrogens with zero attached hydrogens (tertiary/aromatic N) is 3. The normalized spacial score (nSPS) is 11.0. The summed E-state index contributed by atoms with van der Waals surface area (Å²) in [4.78, 5) is 22.3. The van der Waals surface area contributed by atoms with E-state index in [2.05, 4.69) is 16.2 Å². The van der Waals surface area contributed by atoms with Crippen molar-refractivity contribution in [3.8, 4) is 0 Å². The Labute approximate surface area is 193 Å². The van der Waals surface area contributed by atoms with Gasteiger partial charge in [0.1, 0.15) is 12.1 Å². The fourth-order valence-corrected chi connectivity index (χ4v) is 3.90. The van der Waals surface area contributed by atoms with Crippen LogP contribution in [0.4, 0.5) is 5.69 Å². The van der Waals surface area contributed by atoms with Gasteiger partial charge in [-0.3, -0.25) is 15.6 Å². The molecule has 3 aromatic carbocycles. The molecule has 3 N–H and O–H groups in total. The molecule has 9 heteroatoms. The minimum atomic E-state index is -0.286. The van der Waals surface area contributed by atoms with Crippen molar-refractivity contribution in [2.75, 3.05) is 5.32 Å². The lowest BCUT2D eigenvalue weighted by Gasteiger charge is -2.12. The van der Waals surface area contributed by atoms with Crippen LogP contribution in [-0.4, -0.2) is 25.6 Å². The molecule has 0 bridgehead atoms. The van der Waals surface area contributed by atoms with Crippen molar-refractivity contribution >= 4 is 73.6 Å². The summed E-state index contributed by atoms with van der Waals surface area (Å²) in [5.74, 6) is -0.286. The van der Waals surface area contributed by atoms with Gasteiger partial charge in [0.2, 0.25) is 0 Å². The van der Waals surface area contributed by atoms with E-state index in [9.17, 15) is 4.79 Å². The van der Waals surface area contributed by atoms with Crippen LogP contribution in [0.3, 0.4) is 0 Å². The van der Waals surface area contributed by atoms with Crippen LogP contribution in [0.5, 0.6) is 0 Å². The number of benzene rings is 3. The van der Waals surface area contributed by atoms with E-state index in [1.165, 1.54) is 0 Å². The maximum atomic E-state index is 12.7. The van der Waals surface area contributed by atoms with Crippen LogP contribution in [0, 0.1) is 0 Å². The Bertz CT molecular complexity index is 1480. The van der Waals surface area contributed by atoms with Gasteiger partial charge in [0, 0.05) is 16.1 Å². The van der Waals surface area contributed by atoms with Gasteiger partial charge in [-0.1, -0.05) is 41.9 Å². The van der Waals surface area contributed by atoms with Crippen LogP contribution < -0.4 is 16.2 Å². The Kier molecular flexibility index (Phi) is 5.30. The lowest BCUT2D eigenvalue weighted by molar-refractivity contribution is -0.122. The SMILES string of the molecule is O=C(Cn1c2ccc(Cl)cc2c2nc3ccccc3nc21)NNC(=S)Nc1ccccc1. The van der Waals surface area contributed by atoms with Gasteiger partial charge in [0.15, 0.2) is 10.8 Å². The lowest BCUT2D eigenvalue weighted by atomic mass is 10.2. The fourth-order valence-electron chi connectivity index (χ4n) is 3.56. The van der Waals surface area contributed by atoms with E-state index in [4.69, 9.17) is 33.8 Å². The highest BCUT2D eigenvalue weighted by atomic mass is 35.5. The Morgan fingerprint density at radius 1 is 0.938 bits per heavy atom. The molecular weight excluding hydrogens is 444 g/mol. The third kappa shape index (κ3) is 3.93. The maximum Gasteiger partial charge on any atom is 0.258 e. The Morgan fingerprint density at radius 3 is 2.44 bits per heavy atom. The Morgan fingerprint density at radius 2 is 1.66 bits per heavy atom. The molecule has 0 atom stereocenters. The summed E-state index contributed by atoms with van der Waals surface area (Å²) in [7, 11) is 0. The molecule has 32 heavy (non-hydrogen) atoms. The van der Waals surface area contributed by atoms with Crippen LogP contribution >= 0.6 is 23.8 Å². The van der Waals surface area contributed by atoms with Crippen LogP contribution in [0.1, 0.15) is 0 Å². The standard InChI is InChI=1S/C23H17ClN6OS/c24-14-10-11-19-16(12-14)21-22(27-18-9-5-4-8-17(18)26-21)30(19)13-20(31)28-29-23(32)25-15-6-2-1-3-7-15/h1-12H,13H2,(H,28,31)(H2,25,29,32). The summed E-state index contributed by atoms with van der Waals surface area (Å²) < 4.78 is 1.82. The van der Waals surface area contributed by atoms with Crippen molar-refractivity contribution < 1.29 is 4.79 Å². The molecule has 7 nitrogen and oxygen atoms in total. The predicted octanol–water partition coefficient (Wildman–Crippen LogP) is 4.41. The topological polar surface area (TPSA) is 83.9 Å². The highest BCUT2D eigenvalue weighted by molar-refractivity contribution is 7.80. The Hall–Kier alpha value is -3.75. The molecule has 0 spiro atoms. The second-order valence-corrected chi connectivity index (χ2v) is 7.97. The van der Waals surface area contributed by atoms with E-state index in [-0.39, 0.29) is 17.6 Å². The van der Waals surface area contributed by atoms with Gasteiger partial charge in [-0.05, 0) is 54.7 Å². The van der Waals surface area contributed by atoms with Crippen molar-refractivity contribution in [1.82, 2.24) is 25.4 Å². The third-order valence-electron chi connectivity index (χ3n) is 4.96. The van der Waals surface area contributed by atoms with E-state index >= 15 is 0 Å². The number of halogens is 1. The number of hydrogen-bond acceptors (Lipinski definition) is 4. The largest absolute Gasteiger partial charge is 0.331 e. The molecule has 0 saturated heterocycles. The number of carbonyl (C=O) groups is 1. The van der Waals surface area contributed by atoms with Gasteiger partial charge in [0.05, 0.1) is 16.6 Å². The average Bonchev–Trinajstić information content (AvgIpc) is 3.08. The van der Waals surface area contributed by atoms with Gasteiger partial charge >= 0.3 is 0 Å². The van der Waals surface area contributed by atoms with Crippen LogP contribution in [0.2, 0.25) is 5.02 Å². The zero-order valence-electron chi connectivity index (χ0n) is 16.7. The van der Waals surface area contributed by atoms with Crippen molar-refractivity contribution in [2.24, 2.45) is 0 Å². The molecule has 0 fully saturated rings. The smallest absolute Gasteiger partial charge is 0.258 e. The van der Waals surface area contributed by atoms with Crippen molar-refractivity contribution in [3.05, 3.63) is 77.8 Å². The molecule has 0 unspecified atom stereocenters. The van der Waals surface area contributed by atoms with Crippen molar-refractivity contribution in [2.45, 2.75) is 6.54 Å². The number of aromatic nitrogens is 3. The number of rotatable bonds is 3. The summed E-state index contributed by atoms with van der Waals surface area (Å²) >= 11 is 11.5. The second-order valence-electron chi connectivity index (χ2n) is 7.13. The molecule has 2 heterocycles. The van der Waals surface area contributed by atoms with E-state index in [0.717, 1.165) is 27.6 Å². The summed E-state index contributed by atoms with van der Waals surface area (Å²) in [6.45, 7) is 0.0234. The highest BCUT2D eigenvalue weighted by Crippen LogP contribution is 2.30. The fraction of sp³-hybridized carbons (Fsp3) is 0.0435. The van der Waals surface area contributed by atoms with E-state index in [1.807, 2.05) is 71.3 Å². The summed E-state index contributed by atoms with van der Waals surface area (Å²) in [6, 6.07) is 22.6. The molecule has 1 amide bonds. The number of thiocarbonyl (C=S) groups is 1. The zero-order chi connectivity index (χ0) is 22.1. The minimum Gasteiger partial charge on any atom is -0.331 e. The molecular formula is C23H17ClN6OS. The molecule has 5 rings (SSSR count). The Balaban J connectivity index is 1.43. The lowest BCUT2D eigenvalue weighted by Crippen LogP contribution is -2.45. The number of fused-ring (bicyclic) bond motifs is 4. The maximum absolute atomic E-state index is 12.7. The molecule has 0 radical (unpaired) electrons. The minimum absolute atomic E-state index is 0.0234. The first kappa shape index (κ1) is 20.2. The van der Waals surface area contributed by atoms with Crippen LogP contribution in [0.25, 0.3) is 33.1 Å². The summed E-state index contributed by atoms with van der Waals surface area (Å²) in [5.41, 5.74) is 9.84. The number of hydrogen-bond donors (Lipinski definition) is 3. The van der Waals surface area contributed by atoms with Crippen molar-refractivity contribution in [1.29, 1.82) is 0 Å². The summed E-state index contributed by atoms with van der Waals surface area (Å²) in [6.07, 6.45) is 0. The monoisotopic (exact) mass is 460 g/mol. The van der Waals surface area contributed by atoms with E-state index in [0.29, 0.717) is 16.2 Å². The molecule has 5 aromatic rings. The number of anilines is 1. The number of nitrogens with one attached hydrogen (secondary N) is 3. The molecule has 0 saturated carbocycles. The van der Waals surface area contributed by atoms with E-state index < -0.39 is 0 Å². The molecule has 2 aromatic heterocycles. The third-order valence-corrected chi connectivity index (χ3v) is 5.40. The molecule has 0 aliphatic heterocycles. The number of carbonyl (C=O) groups excluding carboxylic acids is 1. The first-order chi connectivity index (χ1) is 15.6. The highest BCUT2D eigenvalue weighted by Gasteiger charge is 2.17. The molecule has 158 valence electrons. The van der Waals surface area contributed by atoms with Gasteiger partial charge in [-0.2, -0.15) is 0 Å². The quantitative estimate of drug-likeness (QED) is 0.273. The molecule has 0 aliphatic carbocycles. The summed E-state index contributed by atoms with van der Waals surface area (Å²) in [5, 5.41) is 4.72. The first-order valence-corrected chi connectivity index (χ1v) is 10.6. The van der Waals surface area contributed by atoms with Crippen LogP contribution in [0.15, 0.2) is 72.8 Å². The van der Waals surface area contributed by atoms with Crippen molar-refractivity contribution in [3.63, 3.8) is 0 Å². The van der Waals surface area contributed by atoms with Gasteiger partial charge in [-0.25, -0.2) is 9.97 Å². The van der Waals surface area contributed by atoms with Gasteiger partial charge in [-0.15, -0.1) is 0 Å². The molecule has 0 aliphatic rings. The zero-order valence-corrected chi connectivity index (χ0v) is 18.2. The number of hydrazine groups is 1. The second kappa shape index (κ2) is 8.41. The predicted molar refractivity (Wildman–Crippen MR) is 131 cm³/mol. The number of para-hydroxylation sites is 3. The van der Waals surface area contributed by atoms with Gasteiger partial charge < -0.3 is 9.88 Å². The van der Waals surface area contributed by atoms with E-state index in [1.54, 1.807) is 6.07 Å². The van der Waals surface area contributed by atoms with Gasteiger partial charge in [0.25, 0.3) is 5.91 Å². The average molecular weight is 461 g/mol. The number of amides is 1. The first-order valence-electron chi connectivity index (χ1n) is 9.83.